The SMILES string of the molecule is O=C(CSc1ccc(S(=O)(=O)N2CCN(Cc3ccccc3)CC2)cn1)c1ccc(O)cc1O. The number of ketones is 1. The summed E-state index contributed by atoms with van der Waals surface area (Å²) in [5.74, 6) is -0.725. The Bertz CT molecular complexity index is 1240. The Morgan fingerprint density at radius 3 is 2.35 bits per heavy atom. The van der Waals surface area contributed by atoms with E-state index in [1.807, 2.05) is 18.2 Å². The third-order valence-electron chi connectivity index (χ3n) is 5.56. The minimum absolute atomic E-state index is 0.0147. The predicted octanol–water partition coefficient (Wildman–Crippen LogP) is 2.97. The van der Waals surface area contributed by atoms with Gasteiger partial charge in [0.2, 0.25) is 10.0 Å². The Morgan fingerprint density at radius 2 is 1.71 bits per heavy atom. The number of piperazine rings is 1. The fourth-order valence-corrected chi connectivity index (χ4v) is 5.79. The molecule has 0 unspecified atom stereocenters. The van der Waals surface area contributed by atoms with E-state index in [1.54, 1.807) is 6.07 Å². The zero-order valence-corrected chi connectivity index (χ0v) is 20.0. The molecule has 1 aromatic heterocycles. The first-order valence-electron chi connectivity index (χ1n) is 10.7. The molecule has 0 aliphatic carbocycles. The van der Waals surface area contributed by atoms with Crippen LogP contribution in [0.1, 0.15) is 15.9 Å². The van der Waals surface area contributed by atoms with Crippen LogP contribution in [0.15, 0.2) is 76.8 Å². The number of nitrogens with zero attached hydrogens (tertiary/aromatic N) is 3. The average molecular weight is 500 g/mol. The van der Waals surface area contributed by atoms with Crippen molar-refractivity contribution in [1.82, 2.24) is 14.2 Å². The van der Waals surface area contributed by atoms with Gasteiger partial charge in [0, 0.05) is 45.0 Å². The predicted molar refractivity (Wildman–Crippen MR) is 130 cm³/mol. The van der Waals surface area contributed by atoms with Gasteiger partial charge in [-0.1, -0.05) is 42.1 Å². The molecule has 178 valence electrons. The molecule has 0 atom stereocenters. The normalized spacial score (nSPS) is 15.3. The maximum atomic E-state index is 13.0. The number of aromatic hydroxyl groups is 2. The molecular formula is C24H25N3O5S2. The number of phenols is 2. The van der Waals surface area contributed by atoms with E-state index in [9.17, 15) is 23.4 Å². The summed E-state index contributed by atoms with van der Waals surface area (Å²) in [5, 5.41) is 19.7. The van der Waals surface area contributed by atoms with Crippen LogP contribution in [0.3, 0.4) is 0 Å². The van der Waals surface area contributed by atoms with Crippen LogP contribution in [-0.2, 0) is 16.6 Å². The smallest absolute Gasteiger partial charge is 0.244 e. The van der Waals surface area contributed by atoms with Gasteiger partial charge in [0.25, 0.3) is 0 Å². The van der Waals surface area contributed by atoms with Crippen LogP contribution < -0.4 is 0 Å². The number of rotatable bonds is 8. The van der Waals surface area contributed by atoms with Gasteiger partial charge in [-0.25, -0.2) is 13.4 Å². The Morgan fingerprint density at radius 1 is 0.971 bits per heavy atom. The third-order valence-corrected chi connectivity index (χ3v) is 8.39. The summed E-state index contributed by atoms with van der Waals surface area (Å²) in [6.45, 7) is 2.93. The largest absolute Gasteiger partial charge is 0.508 e. The van der Waals surface area contributed by atoms with Gasteiger partial charge in [-0.05, 0) is 29.8 Å². The van der Waals surface area contributed by atoms with Crippen LogP contribution >= 0.6 is 11.8 Å². The van der Waals surface area contributed by atoms with Crippen molar-refractivity contribution in [2.24, 2.45) is 0 Å². The van der Waals surface area contributed by atoms with Crippen molar-refractivity contribution < 1.29 is 23.4 Å². The van der Waals surface area contributed by atoms with Crippen molar-refractivity contribution in [3.8, 4) is 11.5 Å². The van der Waals surface area contributed by atoms with E-state index >= 15 is 0 Å². The minimum Gasteiger partial charge on any atom is -0.508 e. The molecule has 2 heterocycles. The number of sulfonamides is 1. The molecule has 2 N–H and O–H groups in total. The molecule has 34 heavy (non-hydrogen) atoms. The molecule has 3 aromatic rings. The first-order valence-corrected chi connectivity index (χ1v) is 13.2. The maximum absolute atomic E-state index is 13.0. The molecule has 0 spiro atoms. The number of hydrogen-bond donors (Lipinski definition) is 2. The van der Waals surface area contributed by atoms with Gasteiger partial charge < -0.3 is 10.2 Å². The van der Waals surface area contributed by atoms with Crippen LogP contribution in [-0.4, -0.2) is 70.5 Å². The quantitative estimate of drug-likeness (QED) is 0.360. The van der Waals surface area contributed by atoms with Crippen molar-refractivity contribution in [3.05, 3.63) is 78.0 Å². The molecule has 1 aliphatic heterocycles. The van der Waals surface area contributed by atoms with Crippen molar-refractivity contribution in [1.29, 1.82) is 0 Å². The fraction of sp³-hybridized carbons (Fsp3) is 0.250. The lowest BCUT2D eigenvalue weighted by Crippen LogP contribution is -2.48. The zero-order chi connectivity index (χ0) is 24.1. The topological polar surface area (TPSA) is 111 Å². The highest BCUT2D eigenvalue weighted by molar-refractivity contribution is 7.99. The lowest BCUT2D eigenvalue weighted by molar-refractivity contribution is 0.102. The van der Waals surface area contributed by atoms with E-state index in [0.717, 1.165) is 24.4 Å². The summed E-state index contributed by atoms with van der Waals surface area (Å²) in [6.07, 6.45) is 1.32. The first-order chi connectivity index (χ1) is 16.3. The molecule has 1 aliphatic rings. The fourth-order valence-electron chi connectivity index (χ4n) is 3.70. The maximum Gasteiger partial charge on any atom is 0.244 e. The van der Waals surface area contributed by atoms with E-state index in [4.69, 9.17) is 0 Å². The van der Waals surface area contributed by atoms with Gasteiger partial charge in [0.1, 0.15) is 16.4 Å². The van der Waals surface area contributed by atoms with E-state index in [0.29, 0.717) is 31.2 Å². The van der Waals surface area contributed by atoms with Crippen molar-refractivity contribution in [2.75, 3.05) is 31.9 Å². The van der Waals surface area contributed by atoms with Gasteiger partial charge >= 0.3 is 0 Å². The molecular weight excluding hydrogens is 474 g/mol. The van der Waals surface area contributed by atoms with Gasteiger partial charge in [-0.2, -0.15) is 4.31 Å². The van der Waals surface area contributed by atoms with Gasteiger partial charge in [0.05, 0.1) is 16.3 Å². The molecule has 4 rings (SSSR count). The third kappa shape index (κ3) is 5.76. The molecule has 0 amide bonds. The lowest BCUT2D eigenvalue weighted by Gasteiger charge is -2.33. The van der Waals surface area contributed by atoms with Crippen LogP contribution in [0.5, 0.6) is 11.5 Å². The summed E-state index contributed by atoms with van der Waals surface area (Å²) in [5.41, 5.74) is 1.31. The van der Waals surface area contributed by atoms with Crippen LogP contribution in [0, 0.1) is 0 Å². The van der Waals surface area contributed by atoms with Gasteiger partial charge in [0.15, 0.2) is 5.78 Å². The number of pyridine rings is 1. The molecule has 10 heteroatoms. The highest BCUT2D eigenvalue weighted by Crippen LogP contribution is 2.26. The number of Topliss-reactive ketones (excluding diaryl/α,β-unsaturated/α-hetero) is 1. The van der Waals surface area contributed by atoms with Gasteiger partial charge in [-0.15, -0.1) is 0 Å². The van der Waals surface area contributed by atoms with Crippen LogP contribution in [0.4, 0.5) is 0 Å². The number of hydrogen-bond acceptors (Lipinski definition) is 8. The van der Waals surface area contributed by atoms with Crippen molar-refractivity contribution in [3.63, 3.8) is 0 Å². The lowest BCUT2D eigenvalue weighted by atomic mass is 10.1. The number of phenolic OH excluding ortho intramolecular Hbond substituents is 2. The molecule has 1 saturated heterocycles. The molecule has 8 nitrogen and oxygen atoms in total. The Hall–Kier alpha value is -2.92. The summed E-state index contributed by atoms with van der Waals surface area (Å²) in [6, 6.07) is 17.0. The number of carbonyl (C=O) groups is 1. The highest BCUT2D eigenvalue weighted by atomic mass is 32.2. The van der Waals surface area contributed by atoms with Crippen LogP contribution in [0.2, 0.25) is 0 Å². The monoisotopic (exact) mass is 499 g/mol. The second-order valence-corrected chi connectivity index (χ2v) is 10.8. The van der Waals surface area contributed by atoms with E-state index in [-0.39, 0.29) is 33.5 Å². The number of carbonyl (C=O) groups excluding carboxylic acids is 1. The standard InChI is InChI=1S/C24H25N3O5S2/c28-19-6-8-21(22(29)14-19)23(30)17-33-24-9-7-20(15-25-24)34(31,32)27-12-10-26(11-13-27)16-18-4-2-1-3-5-18/h1-9,14-15,28-29H,10-13,16-17H2. The molecule has 1 fully saturated rings. The van der Waals surface area contributed by atoms with E-state index < -0.39 is 10.0 Å². The van der Waals surface area contributed by atoms with Crippen molar-refractivity contribution >= 4 is 27.6 Å². The summed E-state index contributed by atoms with van der Waals surface area (Å²) < 4.78 is 27.6. The second-order valence-electron chi connectivity index (χ2n) is 7.91. The summed E-state index contributed by atoms with van der Waals surface area (Å²) in [4.78, 5) is 18.9. The Labute approximate surface area is 202 Å². The summed E-state index contributed by atoms with van der Waals surface area (Å²) >= 11 is 1.14. The minimum atomic E-state index is -3.65. The zero-order valence-electron chi connectivity index (χ0n) is 18.4. The molecule has 0 radical (unpaired) electrons. The second kappa shape index (κ2) is 10.6. The number of thioether (sulfide) groups is 1. The van der Waals surface area contributed by atoms with Crippen LogP contribution in [0.25, 0.3) is 0 Å². The summed E-state index contributed by atoms with van der Waals surface area (Å²) in [7, 11) is -3.65. The average Bonchev–Trinajstić information content (AvgIpc) is 2.84. The van der Waals surface area contributed by atoms with E-state index in [2.05, 4.69) is 22.0 Å². The number of benzene rings is 2. The first kappa shape index (κ1) is 24.2. The van der Waals surface area contributed by atoms with Gasteiger partial charge in [-0.3, -0.25) is 9.69 Å². The Kier molecular flexibility index (Phi) is 7.52. The molecule has 0 saturated carbocycles. The van der Waals surface area contributed by atoms with Crippen molar-refractivity contribution in [2.45, 2.75) is 16.5 Å². The molecule has 0 bridgehead atoms. The number of aromatic nitrogens is 1. The highest BCUT2D eigenvalue weighted by Gasteiger charge is 2.28. The van der Waals surface area contributed by atoms with E-state index in [1.165, 1.54) is 34.3 Å². The Balaban J connectivity index is 1.32. The molecule has 2 aromatic carbocycles.